The van der Waals surface area contributed by atoms with Gasteiger partial charge >= 0.3 is 11.9 Å². The number of thioether (sulfide) groups is 1. The van der Waals surface area contributed by atoms with Crippen LogP contribution in [-0.4, -0.2) is 99.2 Å². The van der Waals surface area contributed by atoms with Crippen LogP contribution >= 0.6 is 11.8 Å². The predicted molar refractivity (Wildman–Crippen MR) is 111 cm³/mol. The number of hydrogen-bond acceptors (Lipinski definition) is 8. The lowest BCUT2D eigenvalue weighted by atomic mass is 10.1. The van der Waals surface area contributed by atoms with Crippen molar-refractivity contribution in [3.8, 4) is 0 Å². The normalized spacial score (nSPS) is 18.7. The highest BCUT2D eigenvalue weighted by atomic mass is 32.2. The molecular weight excluding hydrogens is 432 g/mol. The third-order valence-electron chi connectivity index (χ3n) is 4.86. The number of carbonyl (C=O) groups excluding carboxylic acids is 3. The van der Waals surface area contributed by atoms with Crippen LogP contribution in [0.5, 0.6) is 0 Å². The van der Waals surface area contributed by atoms with Gasteiger partial charge in [-0.1, -0.05) is 0 Å². The standard InChI is InChI=1S/C18H30N4O8S/c1-31-8-6-12(18(29)30)21-16(27)13-3-2-7-22(13)17(28)11(4-5-14(24)25)20-15(26)10(19)9-23/h10-13,23H,2-9,19H2,1H3,(H,20,26)(H,21,27)(H,24,25)(H,29,30). The number of aliphatic hydroxyl groups is 1. The average Bonchev–Trinajstić information content (AvgIpc) is 3.22. The topological polar surface area (TPSA) is 199 Å². The van der Waals surface area contributed by atoms with Crippen LogP contribution in [0.1, 0.15) is 32.1 Å². The van der Waals surface area contributed by atoms with Gasteiger partial charge in [0.25, 0.3) is 0 Å². The van der Waals surface area contributed by atoms with Gasteiger partial charge in [-0.15, -0.1) is 0 Å². The molecule has 4 unspecified atom stereocenters. The molecule has 1 aliphatic heterocycles. The number of amides is 3. The minimum Gasteiger partial charge on any atom is -0.481 e. The molecule has 0 aliphatic carbocycles. The van der Waals surface area contributed by atoms with Crippen molar-refractivity contribution in [2.45, 2.75) is 56.3 Å². The molecule has 12 nitrogen and oxygen atoms in total. The number of hydrogen-bond donors (Lipinski definition) is 6. The summed E-state index contributed by atoms with van der Waals surface area (Å²) in [6, 6.07) is -4.56. The van der Waals surface area contributed by atoms with E-state index in [-0.39, 0.29) is 19.4 Å². The molecule has 7 N–H and O–H groups in total. The summed E-state index contributed by atoms with van der Waals surface area (Å²) in [5.41, 5.74) is 5.45. The number of nitrogens with one attached hydrogen (secondary N) is 2. The van der Waals surface area contributed by atoms with Gasteiger partial charge in [0.1, 0.15) is 24.2 Å². The molecule has 1 fully saturated rings. The molecule has 3 amide bonds. The van der Waals surface area contributed by atoms with Crippen LogP contribution in [0.15, 0.2) is 0 Å². The Balaban J connectivity index is 2.93. The van der Waals surface area contributed by atoms with Crippen molar-refractivity contribution in [1.82, 2.24) is 15.5 Å². The number of carboxylic acids is 2. The Labute approximate surface area is 183 Å². The number of likely N-dealkylation sites (tertiary alicyclic amines) is 1. The van der Waals surface area contributed by atoms with Crippen molar-refractivity contribution >= 4 is 41.4 Å². The summed E-state index contributed by atoms with van der Waals surface area (Å²) in [5, 5.41) is 32.1. The van der Waals surface area contributed by atoms with E-state index in [1.54, 1.807) is 0 Å². The molecule has 0 aromatic heterocycles. The lowest BCUT2D eigenvalue weighted by Crippen LogP contribution is -2.57. The zero-order valence-corrected chi connectivity index (χ0v) is 18.1. The van der Waals surface area contributed by atoms with E-state index in [4.69, 9.17) is 15.9 Å². The molecule has 31 heavy (non-hydrogen) atoms. The second-order valence-corrected chi connectivity index (χ2v) is 8.14. The molecule has 4 atom stereocenters. The molecule has 0 aromatic carbocycles. The Morgan fingerprint density at radius 2 is 1.81 bits per heavy atom. The SMILES string of the molecule is CSCCC(NC(=O)C1CCCN1C(=O)C(CCC(=O)O)NC(=O)C(N)CO)C(=O)O. The van der Waals surface area contributed by atoms with E-state index < -0.39 is 66.9 Å². The van der Waals surface area contributed by atoms with E-state index in [1.807, 2.05) is 6.26 Å². The molecule has 1 rings (SSSR count). The summed E-state index contributed by atoms with van der Waals surface area (Å²) < 4.78 is 0. The van der Waals surface area contributed by atoms with Gasteiger partial charge in [0, 0.05) is 13.0 Å². The first-order valence-electron chi connectivity index (χ1n) is 9.83. The second kappa shape index (κ2) is 13.1. The maximum atomic E-state index is 13.0. The van der Waals surface area contributed by atoms with Crippen LogP contribution < -0.4 is 16.4 Å². The lowest BCUT2D eigenvalue weighted by molar-refractivity contribution is -0.145. The van der Waals surface area contributed by atoms with Gasteiger partial charge in [-0.05, 0) is 37.7 Å². The summed E-state index contributed by atoms with van der Waals surface area (Å²) in [4.78, 5) is 61.3. The molecule has 0 radical (unpaired) electrons. The van der Waals surface area contributed by atoms with E-state index in [0.29, 0.717) is 18.6 Å². The van der Waals surface area contributed by atoms with E-state index in [2.05, 4.69) is 10.6 Å². The second-order valence-electron chi connectivity index (χ2n) is 7.15. The minimum atomic E-state index is -1.29. The number of carbonyl (C=O) groups is 5. The van der Waals surface area contributed by atoms with Crippen molar-refractivity contribution < 1.29 is 39.3 Å². The molecule has 0 spiro atoms. The first-order valence-corrected chi connectivity index (χ1v) is 11.2. The molecular formula is C18H30N4O8S. The van der Waals surface area contributed by atoms with Gasteiger partial charge in [-0.25, -0.2) is 4.79 Å². The molecule has 0 saturated carbocycles. The number of aliphatic hydroxyl groups excluding tert-OH is 1. The Kier molecular flexibility index (Phi) is 11.3. The first-order chi connectivity index (χ1) is 14.6. The smallest absolute Gasteiger partial charge is 0.326 e. The van der Waals surface area contributed by atoms with E-state index in [9.17, 15) is 29.1 Å². The van der Waals surface area contributed by atoms with Gasteiger partial charge in [-0.3, -0.25) is 19.2 Å². The summed E-state index contributed by atoms with van der Waals surface area (Å²) in [5.74, 6) is -3.92. The summed E-state index contributed by atoms with van der Waals surface area (Å²) >= 11 is 1.44. The van der Waals surface area contributed by atoms with Crippen molar-refractivity contribution in [3.63, 3.8) is 0 Å². The Hall–Kier alpha value is -2.38. The van der Waals surface area contributed by atoms with Crippen LogP contribution in [0.4, 0.5) is 0 Å². The van der Waals surface area contributed by atoms with Crippen LogP contribution in [0.25, 0.3) is 0 Å². The molecule has 1 heterocycles. The van der Waals surface area contributed by atoms with Crippen LogP contribution in [0, 0.1) is 0 Å². The molecule has 0 aromatic rings. The molecule has 1 aliphatic rings. The monoisotopic (exact) mass is 462 g/mol. The zero-order chi connectivity index (χ0) is 23.6. The number of aliphatic carboxylic acids is 2. The molecule has 13 heteroatoms. The third kappa shape index (κ3) is 8.34. The quantitative estimate of drug-likeness (QED) is 0.177. The fourth-order valence-corrected chi connectivity index (χ4v) is 3.62. The van der Waals surface area contributed by atoms with Crippen molar-refractivity contribution in [1.29, 1.82) is 0 Å². The fraction of sp³-hybridized carbons (Fsp3) is 0.722. The minimum absolute atomic E-state index is 0.199. The van der Waals surface area contributed by atoms with Crippen LogP contribution in [0.2, 0.25) is 0 Å². The maximum Gasteiger partial charge on any atom is 0.326 e. The fourth-order valence-electron chi connectivity index (χ4n) is 3.15. The Bertz CT molecular complexity index is 677. The van der Waals surface area contributed by atoms with Crippen LogP contribution in [0.3, 0.4) is 0 Å². The van der Waals surface area contributed by atoms with Crippen molar-refractivity contribution in [2.24, 2.45) is 5.73 Å². The summed E-state index contributed by atoms with van der Waals surface area (Å²) in [6.07, 6.45) is 2.19. The summed E-state index contributed by atoms with van der Waals surface area (Å²) in [6.45, 7) is -0.460. The maximum absolute atomic E-state index is 13.0. The van der Waals surface area contributed by atoms with Gasteiger partial charge in [0.15, 0.2) is 0 Å². The Morgan fingerprint density at radius 3 is 2.35 bits per heavy atom. The first kappa shape index (κ1) is 26.7. The molecule has 0 bridgehead atoms. The number of nitrogens with two attached hydrogens (primary N) is 1. The van der Waals surface area contributed by atoms with E-state index in [0.717, 1.165) is 0 Å². The highest BCUT2D eigenvalue weighted by Crippen LogP contribution is 2.20. The van der Waals surface area contributed by atoms with Crippen LogP contribution in [-0.2, 0) is 24.0 Å². The summed E-state index contributed by atoms with van der Waals surface area (Å²) in [7, 11) is 0. The average molecular weight is 463 g/mol. The van der Waals surface area contributed by atoms with E-state index >= 15 is 0 Å². The number of carboxylic acid groups (broad SMARTS) is 2. The van der Waals surface area contributed by atoms with Gasteiger partial charge in [0.2, 0.25) is 17.7 Å². The zero-order valence-electron chi connectivity index (χ0n) is 17.3. The highest BCUT2D eigenvalue weighted by Gasteiger charge is 2.39. The lowest BCUT2D eigenvalue weighted by Gasteiger charge is -2.29. The number of rotatable bonds is 13. The molecule has 176 valence electrons. The van der Waals surface area contributed by atoms with Gasteiger partial charge in [-0.2, -0.15) is 11.8 Å². The number of nitrogens with zero attached hydrogens (tertiary/aromatic N) is 1. The van der Waals surface area contributed by atoms with Gasteiger partial charge < -0.3 is 36.6 Å². The highest BCUT2D eigenvalue weighted by molar-refractivity contribution is 7.98. The predicted octanol–water partition coefficient (Wildman–Crippen LogP) is -2.03. The largest absolute Gasteiger partial charge is 0.481 e. The van der Waals surface area contributed by atoms with Crippen molar-refractivity contribution in [2.75, 3.05) is 25.2 Å². The van der Waals surface area contributed by atoms with Gasteiger partial charge in [0.05, 0.1) is 6.61 Å². The Morgan fingerprint density at radius 1 is 1.13 bits per heavy atom. The van der Waals surface area contributed by atoms with E-state index in [1.165, 1.54) is 16.7 Å². The third-order valence-corrected chi connectivity index (χ3v) is 5.50. The molecule has 1 saturated heterocycles. The van der Waals surface area contributed by atoms with Crippen molar-refractivity contribution in [3.05, 3.63) is 0 Å².